The van der Waals surface area contributed by atoms with Crippen LogP contribution in [0.25, 0.3) is 0 Å². The van der Waals surface area contributed by atoms with Gasteiger partial charge in [0.15, 0.2) is 0 Å². The number of hydrogen-bond acceptors (Lipinski definition) is 5. The normalized spacial score (nSPS) is 23.7. The van der Waals surface area contributed by atoms with E-state index in [1.165, 1.54) is 4.31 Å². The van der Waals surface area contributed by atoms with Crippen LogP contribution in [0.2, 0.25) is 0 Å². The zero-order chi connectivity index (χ0) is 16.4. The summed E-state index contributed by atoms with van der Waals surface area (Å²) in [4.78, 5) is 14.3. The lowest BCUT2D eigenvalue weighted by molar-refractivity contribution is -0.128. The molecule has 8 heteroatoms. The predicted octanol–water partition coefficient (Wildman–Crippen LogP) is -0.110. The Morgan fingerprint density at radius 1 is 1.13 bits per heavy atom. The monoisotopic (exact) mass is 339 g/mol. The lowest BCUT2D eigenvalue weighted by atomic mass is 10.1. The molecule has 1 aromatic carbocycles. The Bertz CT molecular complexity index is 674. The highest BCUT2D eigenvalue weighted by molar-refractivity contribution is 7.89. The summed E-state index contributed by atoms with van der Waals surface area (Å²) in [6.07, 6.45) is 0.515. The zero-order valence-corrected chi connectivity index (χ0v) is 13.9. The standard InChI is InChI=1S/C15H21N3O4S/c1-22-12-2-4-13(5-3-12)23(20,21)18-8-6-14-15(19)16-7-9-17(14)10-11-18/h2-5,14H,6-11H2,1H3,(H,16,19). The maximum absolute atomic E-state index is 12.8. The van der Waals surface area contributed by atoms with Crippen LogP contribution < -0.4 is 10.1 Å². The van der Waals surface area contributed by atoms with Crippen molar-refractivity contribution in [2.75, 3.05) is 39.8 Å². The summed E-state index contributed by atoms with van der Waals surface area (Å²) in [7, 11) is -2.01. The van der Waals surface area contributed by atoms with E-state index in [1.807, 2.05) is 0 Å². The minimum absolute atomic E-state index is 0.0000505. The van der Waals surface area contributed by atoms with Crippen molar-refractivity contribution in [2.24, 2.45) is 0 Å². The molecule has 7 nitrogen and oxygen atoms in total. The first-order valence-corrected chi connectivity index (χ1v) is 9.12. The Morgan fingerprint density at radius 3 is 2.57 bits per heavy atom. The number of hydrogen-bond donors (Lipinski definition) is 1. The van der Waals surface area contributed by atoms with Gasteiger partial charge >= 0.3 is 0 Å². The van der Waals surface area contributed by atoms with Crippen molar-refractivity contribution in [1.29, 1.82) is 0 Å². The maximum Gasteiger partial charge on any atom is 0.243 e. The van der Waals surface area contributed by atoms with Gasteiger partial charge in [-0.05, 0) is 30.7 Å². The van der Waals surface area contributed by atoms with Crippen LogP contribution in [0.1, 0.15) is 6.42 Å². The number of benzene rings is 1. The van der Waals surface area contributed by atoms with Gasteiger partial charge in [-0.25, -0.2) is 8.42 Å². The molecule has 2 saturated heterocycles. The van der Waals surface area contributed by atoms with E-state index in [0.29, 0.717) is 38.3 Å². The second-order valence-electron chi connectivity index (χ2n) is 5.71. The Kier molecular flexibility index (Phi) is 4.56. The van der Waals surface area contributed by atoms with Gasteiger partial charge in [-0.15, -0.1) is 0 Å². The van der Waals surface area contributed by atoms with Crippen molar-refractivity contribution in [3.63, 3.8) is 0 Å². The van der Waals surface area contributed by atoms with Gasteiger partial charge in [-0.2, -0.15) is 4.31 Å². The van der Waals surface area contributed by atoms with Gasteiger partial charge in [-0.3, -0.25) is 9.69 Å². The largest absolute Gasteiger partial charge is 0.497 e. The number of sulfonamides is 1. The fourth-order valence-corrected chi connectivity index (χ4v) is 4.54. The van der Waals surface area contributed by atoms with Crippen LogP contribution in [-0.4, -0.2) is 69.4 Å². The molecular formula is C15H21N3O4S. The number of fused-ring (bicyclic) bond motifs is 1. The molecule has 0 bridgehead atoms. The number of piperazine rings is 1. The smallest absolute Gasteiger partial charge is 0.243 e. The van der Waals surface area contributed by atoms with Crippen LogP contribution in [0.5, 0.6) is 5.75 Å². The molecular weight excluding hydrogens is 318 g/mol. The molecule has 126 valence electrons. The minimum atomic E-state index is -3.55. The predicted molar refractivity (Wildman–Crippen MR) is 84.7 cm³/mol. The Hall–Kier alpha value is -1.64. The summed E-state index contributed by atoms with van der Waals surface area (Å²) in [5.41, 5.74) is 0. The molecule has 0 aliphatic carbocycles. The summed E-state index contributed by atoms with van der Waals surface area (Å²) in [5, 5.41) is 2.84. The molecule has 1 unspecified atom stereocenters. The van der Waals surface area contributed by atoms with E-state index in [4.69, 9.17) is 4.74 Å². The van der Waals surface area contributed by atoms with Crippen molar-refractivity contribution in [1.82, 2.24) is 14.5 Å². The average molecular weight is 339 g/mol. The van der Waals surface area contributed by atoms with E-state index in [9.17, 15) is 13.2 Å². The molecule has 0 spiro atoms. The van der Waals surface area contributed by atoms with Gasteiger partial charge in [-0.1, -0.05) is 0 Å². The topological polar surface area (TPSA) is 79.0 Å². The molecule has 2 aliphatic rings. The van der Waals surface area contributed by atoms with Crippen LogP contribution in [0.15, 0.2) is 29.2 Å². The van der Waals surface area contributed by atoms with Crippen molar-refractivity contribution in [3.05, 3.63) is 24.3 Å². The van der Waals surface area contributed by atoms with E-state index in [2.05, 4.69) is 10.2 Å². The summed E-state index contributed by atoms with van der Waals surface area (Å²) in [5.74, 6) is 0.619. The van der Waals surface area contributed by atoms with E-state index in [1.54, 1.807) is 31.4 Å². The van der Waals surface area contributed by atoms with Crippen molar-refractivity contribution >= 4 is 15.9 Å². The first kappa shape index (κ1) is 16.2. The molecule has 2 heterocycles. The lowest BCUT2D eigenvalue weighted by Gasteiger charge is -2.32. The fourth-order valence-electron chi connectivity index (χ4n) is 3.10. The van der Waals surface area contributed by atoms with Crippen LogP contribution in [0.4, 0.5) is 0 Å². The maximum atomic E-state index is 12.8. The molecule has 1 N–H and O–H groups in total. The van der Waals surface area contributed by atoms with Crippen LogP contribution in [0.3, 0.4) is 0 Å². The summed E-state index contributed by atoms with van der Waals surface area (Å²) in [6, 6.07) is 6.17. The Labute approximate surface area is 136 Å². The van der Waals surface area contributed by atoms with Gasteiger partial charge in [0.25, 0.3) is 0 Å². The lowest BCUT2D eigenvalue weighted by Crippen LogP contribution is -2.55. The highest BCUT2D eigenvalue weighted by atomic mass is 32.2. The molecule has 0 saturated carbocycles. The van der Waals surface area contributed by atoms with E-state index < -0.39 is 10.0 Å². The minimum Gasteiger partial charge on any atom is -0.497 e. The van der Waals surface area contributed by atoms with Crippen LogP contribution in [0, 0.1) is 0 Å². The SMILES string of the molecule is COc1ccc(S(=O)(=O)N2CCC3C(=O)NCCN3CC2)cc1. The third-order valence-electron chi connectivity index (χ3n) is 4.43. The van der Waals surface area contributed by atoms with Gasteiger partial charge in [0.2, 0.25) is 15.9 Å². The molecule has 3 rings (SSSR count). The number of rotatable bonds is 3. The molecule has 23 heavy (non-hydrogen) atoms. The number of nitrogens with one attached hydrogen (secondary N) is 1. The van der Waals surface area contributed by atoms with Crippen LogP contribution in [-0.2, 0) is 14.8 Å². The molecule has 1 atom stereocenters. The highest BCUT2D eigenvalue weighted by Gasteiger charge is 2.35. The van der Waals surface area contributed by atoms with Gasteiger partial charge < -0.3 is 10.1 Å². The third-order valence-corrected chi connectivity index (χ3v) is 6.34. The van der Waals surface area contributed by atoms with Gasteiger partial charge in [0.05, 0.1) is 18.0 Å². The van der Waals surface area contributed by atoms with E-state index in [-0.39, 0.29) is 16.8 Å². The third kappa shape index (κ3) is 3.19. The highest BCUT2D eigenvalue weighted by Crippen LogP contribution is 2.22. The summed E-state index contributed by atoms with van der Waals surface area (Å²) in [6.45, 7) is 2.72. The van der Waals surface area contributed by atoms with Crippen molar-refractivity contribution in [3.8, 4) is 5.75 Å². The van der Waals surface area contributed by atoms with E-state index >= 15 is 0 Å². The molecule has 1 amide bonds. The molecule has 1 aromatic rings. The number of amides is 1. The second-order valence-corrected chi connectivity index (χ2v) is 7.65. The van der Waals surface area contributed by atoms with Crippen molar-refractivity contribution < 1.29 is 17.9 Å². The first-order chi connectivity index (χ1) is 11.0. The van der Waals surface area contributed by atoms with Gasteiger partial charge in [0.1, 0.15) is 5.75 Å². The quantitative estimate of drug-likeness (QED) is 0.831. The number of carbonyl (C=O) groups is 1. The summed E-state index contributed by atoms with van der Waals surface area (Å²) < 4.78 is 32.1. The van der Waals surface area contributed by atoms with E-state index in [0.717, 1.165) is 6.54 Å². The molecule has 2 aliphatic heterocycles. The van der Waals surface area contributed by atoms with Gasteiger partial charge in [0, 0.05) is 32.7 Å². The fraction of sp³-hybridized carbons (Fsp3) is 0.533. The molecule has 0 radical (unpaired) electrons. The average Bonchev–Trinajstić information content (AvgIpc) is 2.79. The van der Waals surface area contributed by atoms with Crippen LogP contribution >= 0.6 is 0 Å². The molecule has 2 fully saturated rings. The number of methoxy groups -OCH3 is 1. The first-order valence-electron chi connectivity index (χ1n) is 7.68. The van der Waals surface area contributed by atoms with Crippen molar-refractivity contribution in [2.45, 2.75) is 17.4 Å². The molecule has 0 aromatic heterocycles. The number of ether oxygens (including phenoxy) is 1. The Balaban J connectivity index is 1.78. The number of carbonyl (C=O) groups excluding carboxylic acids is 1. The zero-order valence-electron chi connectivity index (χ0n) is 13.1. The number of nitrogens with zero attached hydrogens (tertiary/aromatic N) is 2. The summed E-state index contributed by atoms with van der Waals surface area (Å²) >= 11 is 0. The Morgan fingerprint density at radius 2 is 1.87 bits per heavy atom. The second kappa shape index (κ2) is 6.46.